The van der Waals surface area contributed by atoms with Crippen molar-refractivity contribution in [3.63, 3.8) is 0 Å². The standard InChI is InChI=1S/C68H108N4O8/c1-9-17-21-25-29-45-49-37-51(63(75)57(61(49)73)41-69-33-13-5)46(30-26-22-18-10-2)53-39-55(67(79)59(65(53)77)43-71-35-15-7)48(32-28-24-20-12-4)56-40-54(66(78)60(68(56)80)44-72-36-16-8)47(31-27-23-19-11-3)52-38-50(45)62(74)58(64(52)76)42-70-34-14-6/h37-40,45-48,69-80H,9-36,41-44H2,1-8H3. The van der Waals surface area contributed by atoms with Gasteiger partial charge in [0.25, 0.3) is 0 Å². The van der Waals surface area contributed by atoms with Crippen LogP contribution in [0.4, 0.5) is 0 Å². The number of hydrogen-bond acceptors (Lipinski definition) is 12. The predicted molar refractivity (Wildman–Crippen MR) is 329 cm³/mol. The Balaban J connectivity index is 2.15. The zero-order valence-corrected chi connectivity index (χ0v) is 50.8. The van der Waals surface area contributed by atoms with E-state index in [1.54, 1.807) is 0 Å². The van der Waals surface area contributed by atoms with Crippen LogP contribution in [0.5, 0.6) is 46.0 Å². The van der Waals surface area contributed by atoms with E-state index in [1.807, 2.05) is 24.3 Å². The van der Waals surface area contributed by atoms with Gasteiger partial charge >= 0.3 is 0 Å². The molecule has 0 aliphatic heterocycles. The van der Waals surface area contributed by atoms with Crippen LogP contribution in [0.2, 0.25) is 0 Å². The van der Waals surface area contributed by atoms with E-state index in [2.05, 4.69) is 76.7 Å². The molecule has 4 aromatic rings. The Morgan fingerprint density at radius 3 is 0.575 bits per heavy atom. The number of phenolic OH excluding ortho intramolecular Hbond substituents is 8. The van der Waals surface area contributed by atoms with Crippen molar-refractivity contribution < 1.29 is 40.9 Å². The van der Waals surface area contributed by atoms with Gasteiger partial charge in [0.1, 0.15) is 46.0 Å². The number of hydrogen-bond donors (Lipinski definition) is 12. The summed E-state index contributed by atoms with van der Waals surface area (Å²) in [6.07, 6.45) is 20.2. The first-order valence-corrected chi connectivity index (χ1v) is 31.9. The van der Waals surface area contributed by atoms with Crippen LogP contribution < -0.4 is 21.3 Å². The Kier molecular flexibility index (Phi) is 28.5. The summed E-state index contributed by atoms with van der Waals surface area (Å²) < 4.78 is 0. The molecule has 0 saturated heterocycles. The largest absolute Gasteiger partial charge is 0.507 e. The van der Waals surface area contributed by atoms with Gasteiger partial charge in [0.2, 0.25) is 0 Å². The summed E-state index contributed by atoms with van der Waals surface area (Å²) in [5.41, 5.74) is 5.72. The summed E-state index contributed by atoms with van der Waals surface area (Å²) in [7, 11) is 0. The maximum Gasteiger partial charge on any atom is 0.127 e. The number of aromatic hydroxyl groups is 8. The van der Waals surface area contributed by atoms with Crippen LogP contribution in [0.25, 0.3) is 0 Å². The van der Waals surface area contributed by atoms with E-state index in [9.17, 15) is 40.9 Å². The van der Waals surface area contributed by atoms with Crippen molar-refractivity contribution in [3.8, 4) is 46.0 Å². The molecule has 0 heterocycles. The molecule has 1 aliphatic rings. The highest BCUT2D eigenvalue weighted by Crippen LogP contribution is 2.56. The molecule has 1 aliphatic carbocycles. The van der Waals surface area contributed by atoms with Gasteiger partial charge in [0.15, 0.2) is 0 Å². The maximum atomic E-state index is 13.0. The minimum absolute atomic E-state index is 0.0609. The lowest BCUT2D eigenvalue weighted by Crippen LogP contribution is -2.19. The second kappa shape index (κ2) is 34.5. The quantitative estimate of drug-likeness (QED) is 0.0192. The van der Waals surface area contributed by atoms with Crippen LogP contribution in [-0.4, -0.2) is 67.0 Å². The van der Waals surface area contributed by atoms with Gasteiger partial charge in [0, 0.05) is 94.4 Å². The van der Waals surface area contributed by atoms with Crippen molar-refractivity contribution in [2.45, 2.75) is 259 Å². The zero-order valence-electron chi connectivity index (χ0n) is 50.8. The highest BCUT2D eigenvalue weighted by atomic mass is 16.3. The summed E-state index contributed by atoms with van der Waals surface area (Å²) >= 11 is 0. The molecule has 8 bridgehead atoms. The first-order chi connectivity index (χ1) is 38.8. The van der Waals surface area contributed by atoms with E-state index < -0.39 is 23.7 Å². The van der Waals surface area contributed by atoms with E-state index in [0.29, 0.717) is 119 Å². The Labute approximate surface area is 482 Å². The third-order valence-electron chi connectivity index (χ3n) is 17.0. The number of unbranched alkanes of at least 4 members (excludes halogenated alkanes) is 12. The van der Waals surface area contributed by atoms with E-state index >= 15 is 0 Å². The third kappa shape index (κ3) is 16.7. The lowest BCUT2D eigenvalue weighted by atomic mass is 9.74. The first-order valence-electron chi connectivity index (χ1n) is 31.9. The van der Waals surface area contributed by atoms with Crippen LogP contribution >= 0.6 is 0 Å². The molecule has 12 heteroatoms. The van der Waals surface area contributed by atoms with Gasteiger partial charge in [0.05, 0.1) is 22.3 Å². The Bertz CT molecular complexity index is 2060. The van der Waals surface area contributed by atoms with Crippen molar-refractivity contribution >= 4 is 0 Å². The summed E-state index contributed by atoms with van der Waals surface area (Å²) in [5, 5.41) is 118. The van der Waals surface area contributed by atoms with Crippen molar-refractivity contribution in [3.05, 3.63) is 91.0 Å². The van der Waals surface area contributed by atoms with E-state index in [-0.39, 0.29) is 72.2 Å². The molecule has 0 atom stereocenters. The number of benzene rings is 4. The van der Waals surface area contributed by atoms with Crippen molar-refractivity contribution in [2.24, 2.45) is 0 Å². The van der Waals surface area contributed by atoms with E-state index in [0.717, 1.165) is 128 Å². The number of phenols is 8. The lowest BCUT2D eigenvalue weighted by Gasteiger charge is -2.32. The van der Waals surface area contributed by atoms with E-state index in [1.165, 1.54) is 0 Å². The number of nitrogens with one attached hydrogen (secondary N) is 4. The fourth-order valence-corrected chi connectivity index (χ4v) is 12.4. The molecule has 448 valence electrons. The minimum atomic E-state index is -0.627. The zero-order chi connectivity index (χ0) is 58.1. The van der Waals surface area contributed by atoms with Gasteiger partial charge in [-0.1, -0.05) is 158 Å². The van der Waals surface area contributed by atoms with E-state index in [4.69, 9.17) is 0 Å². The molecule has 0 spiro atoms. The Hall–Kier alpha value is -4.88. The molecule has 0 unspecified atom stereocenters. The van der Waals surface area contributed by atoms with Crippen molar-refractivity contribution in [2.75, 3.05) is 26.2 Å². The van der Waals surface area contributed by atoms with Crippen LogP contribution in [0, 0.1) is 0 Å². The van der Waals surface area contributed by atoms with Crippen molar-refractivity contribution in [1.82, 2.24) is 21.3 Å². The van der Waals surface area contributed by atoms with Crippen LogP contribution in [0.1, 0.15) is 300 Å². The molecule has 12 N–H and O–H groups in total. The molecule has 0 radical (unpaired) electrons. The molecule has 12 nitrogen and oxygen atoms in total. The molecular weight excluding hydrogens is 1000 g/mol. The summed E-state index contributed by atoms with van der Waals surface area (Å²) in [4.78, 5) is 0. The molecule has 0 aromatic heterocycles. The third-order valence-corrected chi connectivity index (χ3v) is 17.0. The fraction of sp³-hybridized carbons (Fsp3) is 0.647. The van der Waals surface area contributed by atoms with Gasteiger partial charge in [-0.15, -0.1) is 0 Å². The lowest BCUT2D eigenvalue weighted by molar-refractivity contribution is 0.403. The van der Waals surface area contributed by atoms with Crippen LogP contribution in [0.15, 0.2) is 24.3 Å². The summed E-state index contributed by atoms with van der Waals surface area (Å²) in [5.74, 6) is -2.99. The molecular formula is C68H108N4O8. The molecule has 80 heavy (non-hydrogen) atoms. The topological polar surface area (TPSA) is 210 Å². The highest BCUT2D eigenvalue weighted by molar-refractivity contribution is 5.67. The van der Waals surface area contributed by atoms with Crippen molar-refractivity contribution in [1.29, 1.82) is 0 Å². The fourth-order valence-electron chi connectivity index (χ4n) is 12.4. The molecule has 5 rings (SSSR count). The molecule has 0 amide bonds. The Morgan fingerprint density at radius 2 is 0.425 bits per heavy atom. The monoisotopic (exact) mass is 1110 g/mol. The average Bonchev–Trinajstić information content (AvgIpc) is 3.46. The summed E-state index contributed by atoms with van der Waals surface area (Å²) in [6, 6.07) is 7.71. The second-order valence-electron chi connectivity index (χ2n) is 23.2. The van der Waals surface area contributed by atoms with Gasteiger partial charge in [-0.25, -0.2) is 0 Å². The molecule has 0 fully saturated rings. The molecule has 0 saturated carbocycles. The van der Waals surface area contributed by atoms with Gasteiger partial charge < -0.3 is 62.1 Å². The van der Waals surface area contributed by atoms with Gasteiger partial charge in [-0.2, -0.15) is 0 Å². The second-order valence-corrected chi connectivity index (χ2v) is 23.2. The highest BCUT2D eigenvalue weighted by Gasteiger charge is 2.37. The van der Waals surface area contributed by atoms with Gasteiger partial charge in [-0.05, 0) is 102 Å². The number of rotatable bonds is 36. The molecule has 4 aromatic carbocycles. The summed E-state index contributed by atoms with van der Waals surface area (Å²) in [6.45, 7) is 20.2. The minimum Gasteiger partial charge on any atom is -0.507 e. The smallest absolute Gasteiger partial charge is 0.127 e. The Morgan fingerprint density at radius 1 is 0.250 bits per heavy atom. The predicted octanol–water partition coefficient (Wildman–Crippen LogP) is 16.1. The SMILES string of the molecule is CCCCCCC1c2cc(c(O)c(CNCCC)c2O)C(CCCCCC)c2cc(c(O)c(CNCCC)c2O)C(CCCCCC)c2cc(c(O)c(CNCCC)c2O)C(CCCCCC)c2cc1c(O)c(CNCCC)c2O. The number of fused-ring (bicyclic) bond motifs is 8. The first kappa shape index (κ1) is 65.9. The average molecular weight is 1110 g/mol. The van der Waals surface area contributed by atoms with Gasteiger partial charge in [-0.3, -0.25) is 0 Å². The normalized spacial score (nSPS) is 16.2. The van der Waals surface area contributed by atoms with Crippen LogP contribution in [-0.2, 0) is 26.2 Å². The van der Waals surface area contributed by atoms with Crippen LogP contribution in [0.3, 0.4) is 0 Å². The maximum absolute atomic E-state index is 13.0.